The molecule has 1 aromatic rings. The highest BCUT2D eigenvalue weighted by atomic mass is 127. The summed E-state index contributed by atoms with van der Waals surface area (Å²) in [6, 6.07) is 2.80. The smallest absolute Gasteiger partial charge is 0.293 e. The highest BCUT2D eigenvalue weighted by molar-refractivity contribution is 14.1. The van der Waals surface area contributed by atoms with E-state index in [-0.39, 0.29) is 15.3 Å². The van der Waals surface area contributed by atoms with Gasteiger partial charge < -0.3 is 10.2 Å². The Labute approximate surface area is 130 Å². The largest absolute Gasteiger partial charge is 0.362 e. The monoisotopic (exact) mass is 393 g/mol. The second kappa shape index (κ2) is 6.66. The second-order valence-corrected chi connectivity index (χ2v) is 6.01. The van der Waals surface area contributed by atoms with E-state index in [1.165, 1.54) is 12.1 Å². The van der Waals surface area contributed by atoms with Crippen molar-refractivity contribution < 1.29 is 9.31 Å². The van der Waals surface area contributed by atoms with Gasteiger partial charge in [0, 0.05) is 31.3 Å². The molecule has 1 fully saturated rings. The lowest BCUT2D eigenvalue weighted by Gasteiger charge is -2.30. The van der Waals surface area contributed by atoms with Gasteiger partial charge in [-0.3, -0.25) is 10.1 Å². The lowest BCUT2D eigenvalue weighted by Crippen LogP contribution is -2.38. The first-order valence-electron chi connectivity index (χ1n) is 6.65. The maximum Gasteiger partial charge on any atom is 0.293 e. The number of halogens is 2. The van der Waals surface area contributed by atoms with E-state index in [9.17, 15) is 14.5 Å². The predicted octanol–water partition coefficient (Wildman–Crippen LogP) is 2.92. The van der Waals surface area contributed by atoms with Gasteiger partial charge in [0.1, 0.15) is 11.5 Å². The highest BCUT2D eigenvalue weighted by Crippen LogP contribution is 2.34. The summed E-state index contributed by atoms with van der Waals surface area (Å²) in [6.45, 7) is 4.38. The molecule has 1 heterocycles. The molecular formula is C13H17FIN3O2. The van der Waals surface area contributed by atoms with E-state index in [0.717, 1.165) is 25.9 Å². The number of nitrogens with zero attached hydrogens (tertiary/aromatic N) is 2. The Bertz CT molecular complexity index is 507. The van der Waals surface area contributed by atoms with Crippen LogP contribution < -0.4 is 10.2 Å². The maximum atomic E-state index is 13.8. The molecule has 1 saturated heterocycles. The van der Waals surface area contributed by atoms with Gasteiger partial charge in [-0.05, 0) is 42.0 Å². The van der Waals surface area contributed by atoms with Gasteiger partial charge in [-0.15, -0.1) is 0 Å². The standard InChI is InChI=1S/C13H17FIN3O2/c1-2-5-17(9-3-4-16-8-9)12-6-10(14)11(15)7-13(12)18(19)20/h6-7,9,16H,2-5,8H2,1H3. The van der Waals surface area contributed by atoms with Crippen molar-refractivity contribution in [1.29, 1.82) is 0 Å². The minimum absolute atomic E-state index is 0.0175. The molecule has 1 atom stereocenters. The summed E-state index contributed by atoms with van der Waals surface area (Å²) in [5.41, 5.74) is 0.375. The van der Waals surface area contributed by atoms with Crippen molar-refractivity contribution in [1.82, 2.24) is 5.32 Å². The molecule has 1 aromatic carbocycles. The summed E-state index contributed by atoms with van der Waals surface area (Å²) in [5.74, 6) is -0.404. The van der Waals surface area contributed by atoms with Crippen molar-refractivity contribution >= 4 is 34.0 Å². The first-order valence-corrected chi connectivity index (χ1v) is 7.73. The Morgan fingerprint density at radius 2 is 2.35 bits per heavy atom. The summed E-state index contributed by atoms with van der Waals surface area (Å²) >= 11 is 1.78. The van der Waals surface area contributed by atoms with E-state index in [2.05, 4.69) is 5.32 Å². The Balaban J connectivity index is 2.45. The number of anilines is 1. The molecule has 20 heavy (non-hydrogen) atoms. The zero-order valence-corrected chi connectivity index (χ0v) is 13.4. The van der Waals surface area contributed by atoms with E-state index in [1.54, 1.807) is 22.6 Å². The zero-order chi connectivity index (χ0) is 14.7. The van der Waals surface area contributed by atoms with Gasteiger partial charge >= 0.3 is 0 Å². The second-order valence-electron chi connectivity index (χ2n) is 4.85. The van der Waals surface area contributed by atoms with Crippen molar-refractivity contribution in [3.63, 3.8) is 0 Å². The van der Waals surface area contributed by atoms with Crippen LogP contribution in [0.15, 0.2) is 12.1 Å². The molecule has 0 amide bonds. The number of benzene rings is 1. The fourth-order valence-corrected chi connectivity index (χ4v) is 3.00. The van der Waals surface area contributed by atoms with Crippen LogP contribution in [0.1, 0.15) is 19.8 Å². The quantitative estimate of drug-likeness (QED) is 0.475. The van der Waals surface area contributed by atoms with E-state index in [0.29, 0.717) is 12.2 Å². The Hall–Kier alpha value is -0.960. The van der Waals surface area contributed by atoms with Crippen LogP contribution in [0.2, 0.25) is 0 Å². The third kappa shape index (κ3) is 3.20. The van der Waals surface area contributed by atoms with Crippen LogP contribution in [-0.4, -0.2) is 30.6 Å². The molecule has 2 rings (SSSR count). The predicted molar refractivity (Wildman–Crippen MR) is 84.7 cm³/mol. The number of nitro benzene ring substituents is 1. The SMILES string of the molecule is CCCN(c1cc(F)c(I)cc1[N+](=O)[O-])C1CCNC1. The number of nitrogens with one attached hydrogen (secondary N) is 1. The summed E-state index contributed by atoms with van der Waals surface area (Å²) < 4.78 is 14.1. The number of rotatable bonds is 5. The van der Waals surface area contributed by atoms with Crippen LogP contribution in [0.5, 0.6) is 0 Å². The van der Waals surface area contributed by atoms with Crippen LogP contribution in [0.4, 0.5) is 15.8 Å². The molecule has 7 heteroatoms. The first kappa shape index (κ1) is 15.4. The van der Waals surface area contributed by atoms with E-state index in [4.69, 9.17) is 0 Å². The van der Waals surface area contributed by atoms with Crippen LogP contribution in [0.3, 0.4) is 0 Å². The number of hydrogen-bond acceptors (Lipinski definition) is 4. The lowest BCUT2D eigenvalue weighted by atomic mass is 10.1. The van der Waals surface area contributed by atoms with E-state index < -0.39 is 10.7 Å². The van der Waals surface area contributed by atoms with Crippen LogP contribution in [0, 0.1) is 19.5 Å². The number of hydrogen-bond donors (Lipinski definition) is 1. The van der Waals surface area contributed by atoms with Gasteiger partial charge in [0.05, 0.1) is 8.49 Å². The molecule has 1 unspecified atom stereocenters. The Morgan fingerprint density at radius 3 is 2.90 bits per heavy atom. The van der Waals surface area contributed by atoms with E-state index in [1.807, 2.05) is 11.8 Å². The molecule has 0 spiro atoms. The molecule has 110 valence electrons. The summed E-state index contributed by atoms with van der Waals surface area (Å²) in [5, 5.41) is 14.5. The minimum atomic E-state index is -0.429. The third-order valence-electron chi connectivity index (χ3n) is 3.46. The summed E-state index contributed by atoms with van der Waals surface area (Å²) in [4.78, 5) is 12.8. The molecule has 0 bridgehead atoms. The lowest BCUT2D eigenvalue weighted by molar-refractivity contribution is -0.384. The highest BCUT2D eigenvalue weighted by Gasteiger charge is 2.28. The molecule has 0 aliphatic carbocycles. The van der Waals surface area contributed by atoms with Crippen LogP contribution in [-0.2, 0) is 0 Å². The average Bonchev–Trinajstić information content (AvgIpc) is 2.92. The van der Waals surface area contributed by atoms with Crippen molar-refractivity contribution in [3.8, 4) is 0 Å². The zero-order valence-electron chi connectivity index (χ0n) is 11.2. The van der Waals surface area contributed by atoms with Gasteiger partial charge in [-0.2, -0.15) is 0 Å². The maximum absolute atomic E-state index is 13.8. The fraction of sp³-hybridized carbons (Fsp3) is 0.538. The van der Waals surface area contributed by atoms with Crippen molar-refractivity contribution in [2.75, 3.05) is 24.5 Å². The molecule has 5 nitrogen and oxygen atoms in total. The molecule has 0 aromatic heterocycles. The van der Waals surface area contributed by atoms with Crippen molar-refractivity contribution in [2.24, 2.45) is 0 Å². The minimum Gasteiger partial charge on any atom is -0.362 e. The Morgan fingerprint density at radius 1 is 1.60 bits per heavy atom. The van der Waals surface area contributed by atoms with Crippen molar-refractivity contribution in [2.45, 2.75) is 25.8 Å². The van der Waals surface area contributed by atoms with Gasteiger partial charge in [0.2, 0.25) is 0 Å². The van der Waals surface area contributed by atoms with E-state index >= 15 is 0 Å². The molecule has 1 aliphatic heterocycles. The topological polar surface area (TPSA) is 58.4 Å². The third-order valence-corrected chi connectivity index (χ3v) is 4.29. The summed E-state index contributed by atoms with van der Waals surface area (Å²) in [7, 11) is 0. The molecule has 1 aliphatic rings. The molecular weight excluding hydrogens is 376 g/mol. The number of nitro groups is 1. The normalized spacial score (nSPS) is 18.2. The van der Waals surface area contributed by atoms with Crippen LogP contribution in [0.25, 0.3) is 0 Å². The molecule has 1 N–H and O–H groups in total. The Kier molecular flexibility index (Phi) is 5.14. The fourth-order valence-electron chi connectivity index (χ4n) is 2.55. The van der Waals surface area contributed by atoms with Crippen LogP contribution >= 0.6 is 22.6 Å². The van der Waals surface area contributed by atoms with Gasteiger partial charge in [0.15, 0.2) is 0 Å². The first-order chi connectivity index (χ1) is 9.54. The van der Waals surface area contributed by atoms with Gasteiger partial charge in [0.25, 0.3) is 5.69 Å². The average molecular weight is 393 g/mol. The summed E-state index contributed by atoms with van der Waals surface area (Å²) in [6.07, 6.45) is 1.78. The van der Waals surface area contributed by atoms with Gasteiger partial charge in [-0.1, -0.05) is 6.92 Å². The molecule has 0 saturated carbocycles. The molecule has 0 radical (unpaired) electrons. The van der Waals surface area contributed by atoms with Crippen molar-refractivity contribution in [3.05, 3.63) is 31.6 Å². The van der Waals surface area contributed by atoms with Gasteiger partial charge in [-0.25, -0.2) is 4.39 Å².